The van der Waals surface area contributed by atoms with Crippen molar-refractivity contribution in [1.29, 1.82) is 0 Å². The van der Waals surface area contributed by atoms with Gasteiger partial charge < -0.3 is 15.5 Å². The van der Waals surface area contributed by atoms with Crippen molar-refractivity contribution in [3.8, 4) is 0 Å². The number of nitrogens with two attached hydrogens (primary N) is 1. The van der Waals surface area contributed by atoms with Crippen molar-refractivity contribution < 1.29 is 0 Å². The van der Waals surface area contributed by atoms with Crippen LogP contribution in [0.3, 0.4) is 0 Å². The molecule has 3 heterocycles. The highest BCUT2D eigenvalue weighted by Gasteiger charge is 2.27. The molecule has 116 valence electrons. The predicted molar refractivity (Wildman–Crippen MR) is 86.9 cm³/mol. The first-order valence-corrected chi connectivity index (χ1v) is 8.31. The van der Waals surface area contributed by atoms with E-state index in [4.69, 9.17) is 17.3 Å². The first-order valence-electron chi connectivity index (χ1n) is 7.94. The van der Waals surface area contributed by atoms with E-state index >= 15 is 0 Å². The summed E-state index contributed by atoms with van der Waals surface area (Å²) in [5.41, 5.74) is 7.55. The SMILES string of the molecule is Cc1nc(Cl)nc(N2CCC(N3CCCCC3)CC2)c1N. The van der Waals surface area contributed by atoms with Crippen molar-refractivity contribution in [2.75, 3.05) is 36.8 Å². The van der Waals surface area contributed by atoms with E-state index in [1.54, 1.807) is 0 Å². The zero-order valence-corrected chi connectivity index (χ0v) is 13.4. The van der Waals surface area contributed by atoms with Gasteiger partial charge in [-0.05, 0) is 57.3 Å². The molecule has 1 aromatic heterocycles. The summed E-state index contributed by atoms with van der Waals surface area (Å²) >= 11 is 5.98. The normalized spacial score (nSPS) is 21.7. The number of nitrogen functional groups attached to an aromatic ring is 1. The average molecular weight is 310 g/mol. The second kappa shape index (κ2) is 6.36. The van der Waals surface area contributed by atoms with Gasteiger partial charge in [0.15, 0.2) is 5.82 Å². The standard InChI is InChI=1S/C15H24ClN5/c1-11-13(17)14(19-15(16)18-11)21-9-5-12(6-10-21)20-7-3-2-4-8-20/h12H,2-10,17H2,1H3. The van der Waals surface area contributed by atoms with Gasteiger partial charge in [-0.2, -0.15) is 4.98 Å². The summed E-state index contributed by atoms with van der Waals surface area (Å²) in [6, 6.07) is 0.723. The van der Waals surface area contributed by atoms with Crippen molar-refractivity contribution in [1.82, 2.24) is 14.9 Å². The highest BCUT2D eigenvalue weighted by molar-refractivity contribution is 6.28. The van der Waals surface area contributed by atoms with Crippen molar-refractivity contribution in [3.63, 3.8) is 0 Å². The number of hydrogen-bond donors (Lipinski definition) is 1. The molecule has 1 aromatic rings. The van der Waals surface area contributed by atoms with E-state index in [1.807, 2.05) is 6.92 Å². The maximum Gasteiger partial charge on any atom is 0.224 e. The molecule has 0 radical (unpaired) electrons. The van der Waals surface area contributed by atoms with Crippen LogP contribution in [-0.2, 0) is 0 Å². The molecule has 3 rings (SSSR count). The summed E-state index contributed by atoms with van der Waals surface area (Å²) in [6.07, 6.45) is 6.46. The van der Waals surface area contributed by atoms with Crippen LogP contribution in [-0.4, -0.2) is 47.1 Å². The molecule has 2 aliphatic rings. The lowest BCUT2D eigenvalue weighted by Crippen LogP contribution is -2.47. The minimum absolute atomic E-state index is 0.287. The molecular formula is C15H24ClN5. The molecule has 0 spiro atoms. The Morgan fingerprint density at radius 2 is 1.71 bits per heavy atom. The molecule has 21 heavy (non-hydrogen) atoms. The summed E-state index contributed by atoms with van der Waals surface area (Å²) < 4.78 is 0. The quantitative estimate of drug-likeness (QED) is 0.851. The Bertz CT molecular complexity index is 493. The lowest BCUT2D eigenvalue weighted by molar-refractivity contribution is 0.141. The Hall–Kier alpha value is -1.07. The molecule has 0 unspecified atom stereocenters. The Labute approximate surface area is 131 Å². The van der Waals surface area contributed by atoms with E-state index in [0.717, 1.165) is 30.6 Å². The van der Waals surface area contributed by atoms with Gasteiger partial charge in [0, 0.05) is 19.1 Å². The van der Waals surface area contributed by atoms with Crippen LogP contribution in [0, 0.1) is 6.92 Å². The minimum atomic E-state index is 0.287. The summed E-state index contributed by atoms with van der Waals surface area (Å²) in [6.45, 7) is 6.42. The summed E-state index contributed by atoms with van der Waals surface area (Å²) in [5.74, 6) is 0.810. The summed E-state index contributed by atoms with van der Waals surface area (Å²) in [5, 5.41) is 0.287. The van der Waals surface area contributed by atoms with Crippen LogP contribution in [0.5, 0.6) is 0 Å². The van der Waals surface area contributed by atoms with Gasteiger partial charge >= 0.3 is 0 Å². The molecule has 6 heteroatoms. The molecule has 2 aliphatic heterocycles. The second-order valence-corrected chi connectivity index (χ2v) is 6.47. The van der Waals surface area contributed by atoms with Gasteiger partial charge in [0.1, 0.15) is 0 Å². The van der Waals surface area contributed by atoms with Crippen molar-refractivity contribution in [2.45, 2.75) is 45.1 Å². The number of aryl methyl sites for hydroxylation is 1. The first-order chi connectivity index (χ1) is 10.1. The molecule has 0 atom stereocenters. The Kier molecular flexibility index (Phi) is 4.50. The third-order valence-corrected chi connectivity index (χ3v) is 4.93. The number of aromatic nitrogens is 2. The van der Waals surface area contributed by atoms with Crippen LogP contribution in [0.4, 0.5) is 11.5 Å². The van der Waals surface area contributed by atoms with Gasteiger partial charge in [0.05, 0.1) is 11.4 Å². The van der Waals surface area contributed by atoms with Gasteiger partial charge in [-0.15, -0.1) is 0 Å². The molecule has 0 amide bonds. The van der Waals surface area contributed by atoms with Gasteiger partial charge in [-0.25, -0.2) is 4.98 Å². The third-order valence-electron chi connectivity index (χ3n) is 4.76. The zero-order chi connectivity index (χ0) is 14.8. The van der Waals surface area contributed by atoms with Crippen LogP contribution < -0.4 is 10.6 Å². The Balaban J connectivity index is 1.65. The molecule has 2 N–H and O–H groups in total. The topological polar surface area (TPSA) is 58.3 Å². The fraction of sp³-hybridized carbons (Fsp3) is 0.733. The van der Waals surface area contributed by atoms with Crippen LogP contribution in [0.15, 0.2) is 0 Å². The largest absolute Gasteiger partial charge is 0.394 e. The van der Waals surface area contributed by atoms with Gasteiger partial charge in [0.25, 0.3) is 0 Å². The summed E-state index contributed by atoms with van der Waals surface area (Å²) in [4.78, 5) is 13.4. The predicted octanol–water partition coefficient (Wildman–Crippen LogP) is 2.48. The van der Waals surface area contributed by atoms with Crippen LogP contribution in [0.25, 0.3) is 0 Å². The lowest BCUT2D eigenvalue weighted by Gasteiger charge is -2.40. The number of hydrogen-bond acceptors (Lipinski definition) is 5. The van der Waals surface area contributed by atoms with Crippen molar-refractivity contribution >= 4 is 23.1 Å². The molecular weight excluding hydrogens is 286 g/mol. The van der Waals surface area contributed by atoms with Crippen molar-refractivity contribution in [3.05, 3.63) is 11.0 Å². The monoisotopic (exact) mass is 309 g/mol. The van der Waals surface area contributed by atoms with Gasteiger partial charge in [-0.3, -0.25) is 0 Å². The fourth-order valence-corrected chi connectivity index (χ4v) is 3.71. The molecule has 2 saturated heterocycles. The highest BCUT2D eigenvalue weighted by Crippen LogP contribution is 2.29. The summed E-state index contributed by atoms with van der Waals surface area (Å²) in [7, 11) is 0. The van der Waals surface area contributed by atoms with E-state index in [1.165, 1.54) is 45.2 Å². The van der Waals surface area contributed by atoms with Gasteiger partial charge in [-0.1, -0.05) is 6.42 Å². The average Bonchev–Trinajstić information content (AvgIpc) is 2.52. The van der Waals surface area contributed by atoms with Crippen molar-refractivity contribution in [2.24, 2.45) is 0 Å². The molecule has 0 aromatic carbocycles. The molecule has 2 fully saturated rings. The third kappa shape index (κ3) is 3.24. The van der Waals surface area contributed by atoms with Crippen LogP contribution >= 0.6 is 11.6 Å². The van der Waals surface area contributed by atoms with Crippen LogP contribution in [0.1, 0.15) is 37.8 Å². The maximum absolute atomic E-state index is 6.12. The molecule has 0 saturated carbocycles. The van der Waals surface area contributed by atoms with Gasteiger partial charge in [0.2, 0.25) is 5.28 Å². The number of anilines is 2. The van der Waals surface area contributed by atoms with Crippen LogP contribution in [0.2, 0.25) is 5.28 Å². The Morgan fingerprint density at radius 3 is 2.38 bits per heavy atom. The maximum atomic E-state index is 6.12. The zero-order valence-electron chi connectivity index (χ0n) is 12.7. The number of rotatable bonds is 2. The minimum Gasteiger partial charge on any atom is -0.394 e. The van der Waals surface area contributed by atoms with E-state index in [9.17, 15) is 0 Å². The Morgan fingerprint density at radius 1 is 1.05 bits per heavy atom. The van der Waals surface area contributed by atoms with E-state index < -0.39 is 0 Å². The van der Waals surface area contributed by atoms with E-state index in [0.29, 0.717) is 5.69 Å². The van der Waals surface area contributed by atoms with E-state index in [-0.39, 0.29) is 5.28 Å². The van der Waals surface area contributed by atoms with E-state index in [2.05, 4.69) is 19.8 Å². The smallest absolute Gasteiger partial charge is 0.224 e. The number of likely N-dealkylation sites (tertiary alicyclic amines) is 1. The fourth-order valence-electron chi connectivity index (χ4n) is 3.50. The molecule has 0 aliphatic carbocycles. The second-order valence-electron chi connectivity index (χ2n) is 6.13. The number of piperidine rings is 2. The number of nitrogens with zero attached hydrogens (tertiary/aromatic N) is 4. The molecule has 0 bridgehead atoms. The highest BCUT2D eigenvalue weighted by atomic mass is 35.5. The lowest BCUT2D eigenvalue weighted by atomic mass is 10.00. The number of halogens is 1. The molecule has 5 nitrogen and oxygen atoms in total. The first kappa shape index (κ1) is 14.9.